The van der Waals surface area contributed by atoms with Gasteiger partial charge in [-0.25, -0.2) is 15.0 Å². The molecular formula is C55H34N4O. The molecule has 5 nitrogen and oxygen atoms in total. The standard InChI is InChI=1S/C55H34N4O/c1-3-14-35(15-4-1)37-26-28-38(29-27-37)53-56-54(42-21-13-20-39(30-42)36-16-5-2-6-17-36)58-55(57-53)47-33-46-44-23-10-12-25-51(44)60-52(46)34-50(47)59-48-24-11-9-22-43(48)45-31-40-18-7-8-19-41(40)32-49(45)59/h1-34H. The molecule has 0 aliphatic carbocycles. The second-order valence-corrected chi connectivity index (χ2v) is 15.2. The van der Waals surface area contributed by atoms with Gasteiger partial charge >= 0.3 is 0 Å². The molecule has 0 radical (unpaired) electrons. The highest BCUT2D eigenvalue weighted by atomic mass is 16.3. The van der Waals surface area contributed by atoms with Crippen molar-refractivity contribution in [2.75, 3.05) is 0 Å². The minimum Gasteiger partial charge on any atom is -0.456 e. The maximum absolute atomic E-state index is 6.60. The third-order valence-corrected chi connectivity index (χ3v) is 11.6. The Morgan fingerprint density at radius 3 is 1.67 bits per heavy atom. The van der Waals surface area contributed by atoms with Crippen LogP contribution in [0.5, 0.6) is 0 Å². The first-order valence-corrected chi connectivity index (χ1v) is 20.2. The third kappa shape index (κ3) is 5.67. The lowest BCUT2D eigenvalue weighted by molar-refractivity contribution is 0.668. The molecule has 0 saturated carbocycles. The molecule has 280 valence electrons. The molecule has 3 heterocycles. The molecule has 0 aliphatic heterocycles. The highest BCUT2D eigenvalue weighted by Crippen LogP contribution is 2.42. The van der Waals surface area contributed by atoms with Crippen LogP contribution in [0.4, 0.5) is 0 Å². The van der Waals surface area contributed by atoms with Crippen LogP contribution in [0, 0.1) is 0 Å². The van der Waals surface area contributed by atoms with Crippen LogP contribution in [-0.2, 0) is 0 Å². The zero-order valence-corrected chi connectivity index (χ0v) is 32.3. The Hall–Kier alpha value is -8.15. The van der Waals surface area contributed by atoms with Crippen LogP contribution in [0.3, 0.4) is 0 Å². The average molecular weight is 767 g/mol. The summed E-state index contributed by atoms with van der Waals surface area (Å²) in [6.45, 7) is 0. The third-order valence-electron chi connectivity index (χ3n) is 11.6. The molecule has 0 N–H and O–H groups in total. The van der Waals surface area contributed by atoms with E-state index >= 15 is 0 Å². The van der Waals surface area contributed by atoms with E-state index in [1.54, 1.807) is 0 Å². The lowest BCUT2D eigenvalue weighted by Crippen LogP contribution is -2.04. The van der Waals surface area contributed by atoms with E-state index in [1.165, 1.54) is 21.5 Å². The van der Waals surface area contributed by atoms with E-state index in [1.807, 2.05) is 24.3 Å². The van der Waals surface area contributed by atoms with E-state index in [4.69, 9.17) is 19.4 Å². The predicted molar refractivity (Wildman–Crippen MR) is 246 cm³/mol. The Kier molecular flexibility index (Phi) is 7.78. The number of rotatable bonds is 6. The maximum Gasteiger partial charge on any atom is 0.166 e. The van der Waals surface area contributed by atoms with Crippen molar-refractivity contribution in [3.05, 3.63) is 206 Å². The zero-order chi connectivity index (χ0) is 39.6. The number of aromatic nitrogens is 4. The van der Waals surface area contributed by atoms with Crippen LogP contribution in [-0.4, -0.2) is 19.5 Å². The number of hydrogen-bond acceptors (Lipinski definition) is 4. The number of benzene rings is 9. The molecule has 0 saturated heterocycles. The highest BCUT2D eigenvalue weighted by molar-refractivity contribution is 6.15. The first kappa shape index (κ1) is 33.9. The molecule has 0 bridgehead atoms. The monoisotopic (exact) mass is 766 g/mol. The topological polar surface area (TPSA) is 56.7 Å². The van der Waals surface area contributed by atoms with E-state index in [-0.39, 0.29) is 0 Å². The largest absolute Gasteiger partial charge is 0.456 e. The molecule has 12 rings (SSSR count). The quantitative estimate of drug-likeness (QED) is 0.169. The smallest absolute Gasteiger partial charge is 0.166 e. The fourth-order valence-electron chi connectivity index (χ4n) is 8.70. The summed E-state index contributed by atoms with van der Waals surface area (Å²) in [6, 6.07) is 72.2. The van der Waals surface area contributed by atoms with Crippen LogP contribution in [0.2, 0.25) is 0 Å². The molecule has 9 aromatic carbocycles. The highest BCUT2D eigenvalue weighted by Gasteiger charge is 2.23. The second-order valence-electron chi connectivity index (χ2n) is 15.2. The molecular weight excluding hydrogens is 733 g/mol. The minimum atomic E-state index is 0.571. The summed E-state index contributed by atoms with van der Waals surface area (Å²) in [4.78, 5) is 16.0. The van der Waals surface area contributed by atoms with Crippen LogP contribution < -0.4 is 0 Å². The molecule has 0 spiro atoms. The van der Waals surface area contributed by atoms with Crippen LogP contribution in [0.1, 0.15) is 0 Å². The molecule has 0 amide bonds. The number of nitrogens with zero attached hydrogens (tertiary/aromatic N) is 4. The molecule has 3 aromatic heterocycles. The summed E-state index contributed by atoms with van der Waals surface area (Å²) >= 11 is 0. The number of fused-ring (bicyclic) bond motifs is 7. The summed E-state index contributed by atoms with van der Waals surface area (Å²) in [6.07, 6.45) is 0. The van der Waals surface area contributed by atoms with Crippen molar-refractivity contribution in [2.45, 2.75) is 0 Å². The Bertz CT molecular complexity index is 3590. The molecule has 60 heavy (non-hydrogen) atoms. The normalized spacial score (nSPS) is 11.7. The lowest BCUT2D eigenvalue weighted by Gasteiger charge is -2.15. The van der Waals surface area contributed by atoms with Gasteiger partial charge in [0.15, 0.2) is 17.5 Å². The lowest BCUT2D eigenvalue weighted by atomic mass is 10.0. The summed E-state index contributed by atoms with van der Waals surface area (Å²) in [5.74, 6) is 1.76. The Morgan fingerprint density at radius 2 is 0.883 bits per heavy atom. The molecule has 0 fully saturated rings. The van der Waals surface area contributed by atoms with Gasteiger partial charge in [0, 0.05) is 44.3 Å². The van der Waals surface area contributed by atoms with Gasteiger partial charge in [0.1, 0.15) is 11.2 Å². The molecule has 5 heteroatoms. The van der Waals surface area contributed by atoms with Gasteiger partial charge < -0.3 is 8.98 Å². The van der Waals surface area contributed by atoms with Crippen molar-refractivity contribution < 1.29 is 4.42 Å². The van der Waals surface area contributed by atoms with Crippen LogP contribution in [0.25, 0.3) is 117 Å². The fraction of sp³-hybridized carbons (Fsp3) is 0. The van der Waals surface area contributed by atoms with E-state index in [9.17, 15) is 0 Å². The van der Waals surface area contributed by atoms with Gasteiger partial charge in [-0.3, -0.25) is 0 Å². The van der Waals surface area contributed by atoms with Crippen molar-refractivity contribution in [1.82, 2.24) is 19.5 Å². The number of para-hydroxylation sites is 2. The molecule has 0 atom stereocenters. The van der Waals surface area contributed by atoms with Crippen molar-refractivity contribution in [1.29, 1.82) is 0 Å². The van der Waals surface area contributed by atoms with E-state index in [0.717, 1.165) is 77.6 Å². The number of hydrogen-bond donors (Lipinski definition) is 0. The second kappa shape index (κ2) is 13.8. The van der Waals surface area contributed by atoms with Gasteiger partial charge in [0.05, 0.1) is 16.7 Å². The van der Waals surface area contributed by atoms with Crippen molar-refractivity contribution in [2.24, 2.45) is 0 Å². The summed E-state index contributed by atoms with van der Waals surface area (Å²) in [5, 5.41) is 6.74. The summed E-state index contributed by atoms with van der Waals surface area (Å²) in [5.41, 5.74) is 11.9. The summed E-state index contributed by atoms with van der Waals surface area (Å²) in [7, 11) is 0. The fourth-order valence-corrected chi connectivity index (χ4v) is 8.70. The maximum atomic E-state index is 6.60. The first-order chi connectivity index (χ1) is 29.7. The Labute approximate surface area is 345 Å². The van der Waals surface area contributed by atoms with Crippen LogP contribution >= 0.6 is 0 Å². The van der Waals surface area contributed by atoms with Gasteiger partial charge in [-0.1, -0.05) is 164 Å². The average Bonchev–Trinajstić information content (AvgIpc) is 3.85. The van der Waals surface area contributed by atoms with Gasteiger partial charge in [-0.15, -0.1) is 0 Å². The zero-order valence-electron chi connectivity index (χ0n) is 32.3. The van der Waals surface area contributed by atoms with Gasteiger partial charge in [-0.05, 0) is 69.4 Å². The summed E-state index contributed by atoms with van der Waals surface area (Å²) < 4.78 is 8.95. The molecule has 0 aliphatic rings. The first-order valence-electron chi connectivity index (χ1n) is 20.2. The molecule has 12 aromatic rings. The predicted octanol–water partition coefficient (Wildman–Crippen LogP) is 14.4. The van der Waals surface area contributed by atoms with Gasteiger partial charge in [0.2, 0.25) is 0 Å². The Morgan fingerprint density at radius 1 is 0.317 bits per heavy atom. The molecule has 0 unspecified atom stereocenters. The van der Waals surface area contributed by atoms with Gasteiger partial charge in [0.25, 0.3) is 0 Å². The van der Waals surface area contributed by atoms with Crippen molar-refractivity contribution in [3.8, 4) is 62.1 Å². The Balaban J connectivity index is 1.15. The number of furan rings is 1. The van der Waals surface area contributed by atoms with Crippen molar-refractivity contribution in [3.63, 3.8) is 0 Å². The van der Waals surface area contributed by atoms with Crippen LogP contribution in [0.15, 0.2) is 211 Å². The SMILES string of the molecule is c1ccc(-c2ccc(-c3nc(-c4cccc(-c5ccccc5)c4)nc(-c4cc5c(cc4-n4c6ccccc6c6cc7ccccc7cc64)oc4ccccc45)n3)cc2)cc1. The van der Waals surface area contributed by atoms with Crippen molar-refractivity contribution >= 4 is 54.5 Å². The van der Waals surface area contributed by atoms with E-state index in [2.05, 4.69) is 187 Å². The van der Waals surface area contributed by atoms with E-state index in [0.29, 0.717) is 17.5 Å². The van der Waals surface area contributed by atoms with Gasteiger partial charge in [-0.2, -0.15) is 0 Å². The van der Waals surface area contributed by atoms with E-state index < -0.39 is 0 Å². The minimum absolute atomic E-state index is 0.571.